The lowest BCUT2D eigenvalue weighted by atomic mass is 9.85. The Kier molecular flexibility index (Phi) is 6.95. The highest BCUT2D eigenvalue weighted by Gasteiger charge is 2.21. The highest BCUT2D eigenvalue weighted by Crippen LogP contribution is 2.27. The van der Waals surface area contributed by atoms with Crippen molar-refractivity contribution >= 4 is 17.3 Å². The van der Waals surface area contributed by atoms with Gasteiger partial charge in [-0.15, -0.1) is 0 Å². The molecule has 0 saturated carbocycles. The molecule has 0 atom stereocenters. The fourth-order valence-electron chi connectivity index (χ4n) is 4.43. The van der Waals surface area contributed by atoms with Gasteiger partial charge in [-0.2, -0.15) is 10.4 Å². The number of carbonyl (C=O) groups is 1. The maximum absolute atomic E-state index is 13.0. The van der Waals surface area contributed by atoms with Crippen LogP contribution in [0.2, 0.25) is 0 Å². The number of amides is 1. The molecule has 1 fully saturated rings. The van der Waals surface area contributed by atoms with E-state index in [0.29, 0.717) is 11.3 Å². The molecule has 1 aliphatic rings. The largest absolute Gasteiger partial charge is 0.378 e. The zero-order valence-corrected chi connectivity index (χ0v) is 21.8. The first-order valence-electron chi connectivity index (χ1n) is 12.6. The molecule has 1 N–H and O–H groups in total. The number of anilines is 2. The van der Waals surface area contributed by atoms with Crippen LogP contribution < -0.4 is 10.2 Å². The lowest BCUT2D eigenvalue weighted by molar-refractivity contribution is 0.102. The Morgan fingerprint density at radius 1 is 1.05 bits per heavy atom. The summed E-state index contributed by atoms with van der Waals surface area (Å²) in [4.78, 5) is 19.8. The van der Waals surface area contributed by atoms with Gasteiger partial charge in [0.2, 0.25) is 0 Å². The van der Waals surface area contributed by atoms with Crippen LogP contribution in [0.15, 0.2) is 73.3 Å². The minimum absolute atomic E-state index is 0.234. The van der Waals surface area contributed by atoms with Gasteiger partial charge in [-0.3, -0.25) is 9.78 Å². The Balaban J connectivity index is 1.37. The van der Waals surface area contributed by atoms with E-state index in [1.807, 2.05) is 74.5 Å². The molecular weight excluding hydrogens is 476 g/mol. The predicted molar refractivity (Wildman–Crippen MR) is 148 cm³/mol. The molecule has 38 heavy (non-hydrogen) atoms. The molecule has 192 valence electrons. The second kappa shape index (κ2) is 10.5. The summed E-state index contributed by atoms with van der Waals surface area (Å²) in [6.45, 7) is 8.82. The summed E-state index contributed by atoms with van der Waals surface area (Å²) in [5.74, 6) is -0.234. The molecule has 0 radical (unpaired) electrons. The van der Waals surface area contributed by atoms with Gasteiger partial charge in [0.05, 0.1) is 48.5 Å². The highest BCUT2D eigenvalue weighted by molar-refractivity contribution is 6.04. The van der Waals surface area contributed by atoms with Gasteiger partial charge < -0.3 is 15.0 Å². The molecule has 4 aromatic rings. The van der Waals surface area contributed by atoms with Crippen LogP contribution in [-0.4, -0.2) is 47.0 Å². The SMILES string of the molecule is Cc1ccc(NC(=O)c2cccc(C(C)(C)C#N)c2)cc1-n1cc(-c2cncc(N3CCOCC3)c2)cn1. The van der Waals surface area contributed by atoms with Crippen molar-refractivity contribution in [2.75, 3.05) is 36.5 Å². The lowest BCUT2D eigenvalue weighted by Crippen LogP contribution is -2.36. The van der Waals surface area contributed by atoms with Crippen LogP contribution in [0, 0.1) is 18.3 Å². The fourth-order valence-corrected chi connectivity index (χ4v) is 4.43. The molecule has 1 aliphatic heterocycles. The van der Waals surface area contributed by atoms with E-state index in [2.05, 4.69) is 32.4 Å². The van der Waals surface area contributed by atoms with Gasteiger partial charge in [0.1, 0.15) is 0 Å². The van der Waals surface area contributed by atoms with Crippen molar-refractivity contribution in [1.29, 1.82) is 5.26 Å². The number of aryl methyl sites for hydroxylation is 1. The summed E-state index contributed by atoms with van der Waals surface area (Å²) >= 11 is 0. The van der Waals surface area contributed by atoms with Crippen LogP contribution in [0.4, 0.5) is 11.4 Å². The number of morpholine rings is 1. The molecule has 1 amide bonds. The summed E-state index contributed by atoms with van der Waals surface area (Å²) in [5, 5.41) is 17.0. The molecule has 0 unspecified atom stereocenters. The second-order valence-corrected chi connectivity index (χ2v) is 9.98. The number of nitriles is 1. The van der Waals surface area contributed by atoms with Gasteiger partial charge in [-0.1, -0.05) is 18.2 Å². The van der Waals surface area contributed by atoms with Crippen molar-refractivity contribution in [3.8, 4) is 22.9 Å². The Bertz CT molecular complexity index is 1510. The topological polar surface area (TPSA) is 96.1 Å². The minimum atomic E-state index is -0.678. The number of nitrogens with one attached hydrogen (secondary N) is 1. The molecule has 2 aromatic heterocycles. The quantitative estimate of drug-likeness (QED) is 0.389. The zero-order valence-electron chi connectivity index (χ0n) is 21.8. The summed E-state index contributed by atoms with van der Waals surface area (Å²) in [5.41, 5.74) is 6.19. The average molecular weight is 507 g/mol. The molecular formula is C30H30N6O2. The molecule has 1 saturated heterocycles. The molecule has 0 aliphatic carbocycles. The van der Waals surface area contributed by atoms with Crippen LogP contribution in [0.1, 0.15) is 35.3 Å². The molecule has 0 spiro atoms. The van der Waals surface area contributed by atoms with Crippen LogP contribution >= 0.6 is 0 Å². The molecule has 5 rings (SSSR count). The molecule has 8 heteroatoms. The van der Waals surface area contributed by atoms with E-state index >= 15 is 0 Å². The number of pyridine rings is 1. The first-order chi connectivity index (χ1) is 18.3. The van der Waals surface area contributed by atoms with E-state index < -0.39 is 5.41 Å². The van der Waals surface area contributed by atoms with E-state index in [-0.39, 0.29) is 5.91 Å². The monoisotopic (exact) mass is 506 g/mol. The van der Waals surface area contributed by atoms with Crippen molar-refractivity contribution in [2.24, 2.45) is 0 Å². The third kappa shape index (κ3) is 5.29. The Labute approximate surface area is 222 Å². The van der Waals surface area contributed by atoms with E-state index in [1.165, 1.54) is 0 Å². The first-order valence-corrected chi connectivity index (χ1v) is 12.6. The van der Waals surface area contributed by atoms with Gasteiger partial charge in [0.25, 0.3) is 5.91 Å². The molecule has 3 heterocycles. The fraction of sp³-hybridized carbons (Fsp3) is 0.267. The molecule has 0 bridgehead atoms. The van der Waals surface area contributed by atoms with Gasteiger partial charge in [0, 0.05) is 47.9 Å². The minimum Gasteiger partial charge on any atom is -0.378 e. The Morgan fingerprint density at radius 2 is 1.87 bits per heavy atom. The third-order valence-electron chi connectivity index (χ3n) is 6.86. The van der Waals surface area contributed by atoms with Crippen molar-refractivity contribution < 1.29 is 9.53 Å². The van der Waals surface area contributed by atoms with Gasteiger partial charge in [-0.25, -0.2) is 4.68 Å². The predicted octanol–water partition coefficient (Wildman–Crippen LogP) is 5.13. The number of benzene rings is 2. The summed E-state index contributed by atoms with van der Waals surface area (Å²) in [6.07, 6.45) is 7.53. The summed E-state index contributed by atoms with van der Waals surface area (Å²) in [7, 11) is 0. The zero-order chi connectivity index (χ0) is 26.7. The number of ether oxygens (including phenoxy) is 1. The average Bonchev–Trinajstić information content (AvgIpc) is 3.45. The standard InChI is InChI=1S/C30H30N6O2/c1-21-7-8-26(34-29(37)22-5-4-6-25(13-22)30(2,3)20-31)15-28(21)36-19-24(17-33-36)23-14-27(18-32-16-23)35-9-11-38-12-10-35/h4-8,13-19H,9-12H2,1-3H3,(H,34,37). The normalized spacial score (nSPS) is 13.7. The maximum atomic E-state index is 13.0. The van der Waals surface area contributed by atoms with Crippen LogP contribution in [0.5, 0.6) is 0 Å². The van der Waals surface area contributed by atoms with Gasteiger partial charge in [-0.05, 0) is 62.2 Å². The lowest BCUT2D eigenvalue weighted by Gasteiger charge is -2.28. The second-order valence-electron chi connectivity index (χ2n) is 9.98. The Morgan fingerprint density at radius 3 is 2.66 bits per heavy atom. The maximum Gasteiger partial charge on any atom is 0.255 e. The van der Waals surface area contributed by atoms with E-state index in [9.17, 15) is 10.1 Å². The smallest absolute Gasteiger partial charge is 0.255 e. The van der Waals surface area contributed by atoms with E-state index in [4.69, 9.17) is 4.74 Å². The number of hydrogen-bond donors (Lipinski definition) is 1. The van der Waals surface area contributed by atoms with Gasteiger partial charge in [0.15, 0.2) is 0 Å². The van der Waals surface area contributed by atoms with E-state index in [1.54, 1.807) is 18.2 Å². The van der Waals surface area contributed by atoms with Crippen molar-refractivity contribution in [3.63, 3.8) is 0 Å². The highest BCUT2D eigenvalue weighted by atomic mass is 16.5. The van der Waals surface area contributed by atoms with E-state index in [0.717, 1.165) is 59.9 Å². The van der Waals surface area contributed by atoms with Crippen LogP contribution in [0.3, 0.4) is 0 Å². The number of rotatable bonds is 6. The summed E-state index contributed by atoms with van der Waals surface area (Å²) in [6, 6.07) is 17.4. The molecule has 8 nitrogen and oxygen atoms in total. The number of hydrogen-bond acceptors (Lipinski definition) is 6. The third-order valence-corrected chi connectivity index (χ3v) is 6.86. The van der Waals surface area contributed by atoms with Crippen molar-refractivity contribution in [3.05, 3.63) is 90.0 Å². The van der Waals surface area contributed by atoms with Crippen molar-refractivity contribution in [1.82, 2.24) is 14.8 Å². The number of carbonyl (C=O) groups excluding carboxylic acids is 1. The molecule has 2 aromatic carbocycles. The number of nitrogens with zero attached hydrogens (tertiary/aromatic N) is 5. The summed E-state index contributed by atoms with van der Waals surface area (Å²) < 4.78 is 7.29. The van der Waals surface area contributed by atoms with Crippen LogP contribution in [-0.2, 0) is 10.2 Å². The van der Waals surface area contributed by atoms with Gasteiger partial charge >= 0.3 is 0 Å². The van der Waals surface area contributed by atoms with Crippen molar-refractivity contribution in [2.45, 2.75) is 26.2 Å². The number of aromatic nitrogens is 3. The first kappa shape index (κ1) is 25.2. The Hall–Kier alpha value is -4.48. The van der Waals surface area contributed by atoms with Crippen LogP contribution in [0.25, 0.3) is 16.8 Å².